The summed E-state index contributed by atoms with van der Waals surface area (Å²) in [5, 5.41) is 11.9. The van der Waals surface area contributed by atoms with Crippen LogP contribution in [0.1, 0.15) is 81.4 Å². The van der Waals surface area contributed by atoms with Crippen LogP contribution in [-0.2, 0) is 17.6 Å². The van der Waals surface area contributed by atoms with Crippen molar-refractivity contribution in [1.82, 2.24) is 29.7 Å². The minimum atomic E-state index is -0.883. The van der Waals surface area contributed by atoms with Gasteiger partial charge in [0.15, 0.2) is 0 Å². The van der Waals surface area contributed by atoms with Gasteiger partial charge in [-0.05, 0) is 98.9 Å². The summed E-state index contributed by atoms with van der Waals surface area (Å²) in [6, 6.07) is 19.3. The molecule has 10 nitrogen and oxygen atoms in total. The van der Waals surface area contributed by atoms with E-state index in [9.17, 15) is 14.7 Å². The number of hydrogen-bond acceptors (Lipinski definition) is 5. The van der Waals surface area contributed by atoms with E-state index in [1.165, 1.54) is 10.5 Å². The number of rotatable bonds is 4. The van der Waals surface area contributed by atoms with Gasteiger partial charge in [-0.25, -0.2) is 19.6 Å². The van der Waals surface area contributed by atoms with Gasteiger partial charge in [-0.3, -0.25) is 9.80 Å². The van der Waals surface area contributed by atoms with Crippen molar-refractivity contribution in [2.45, 2.75) is 77.0 Å². The summed E-state index contributed by atoms with van der Waals surface area (Å²) in [7, 11) is 0. The minimum Gasteiger partial charge on any atom is -0.465 e. The van der Waals surface area contributed by atoms with E-state index >= 15 is 0 Å². The number of nitrogens with one attached hydrogen (secondary N) is 2. The Hall–Kier alpha value is -5.12. The van der Waals surface area contributed by atoms with Gasteiger partial charge < -0.3 is 19.8 Å². The van der Waals surface area contributed by atoms with Crippen LogP contribution < -0.4 is 0 Å². The highest BCUT2D eigenvalue weighted by atomic mass is 16.6. The van der Waals surface area contributed by atoms with Crippen molar-refractivity contribution >= 4 is 23.0 Å². The Balaban J connectivity index is 1.01. The number of aryl methyl sites for hydroxylation is 2. The first-order valence-corrected chi connectivity index (χ1v) is 16.9. The van der Waals surface area contributed by atoms with Gasteiger partial charge in [0.2, 0.25) is 0 Å². The van der Waals surface area contributed by atoms with Crippen LogP contribution in [0.4, 0.5) is 9.59 Å². The Kier molecular flexibility index (Phi) is 7.27. The summed E-state index contributed by atoms with van der Waals surface area (Å²) in [5.41, 5.74) is 8.18. The second-order valence-corrected chi connectivity index (χ2v) is 14.2. The maximum atomic E-state index is 12.8. The lowest BCUT2D eigenvalue weighted by Crippen LogP contribution is -2.36. The van der Waals surface area contributed by atoms with Crippen molar-refractivity contribution in [2.24, 2.45) is 0 Å². The van der Waals surface area contributed by atoms with Gasteiger partial charge in [0.05, 0.1) is 29.7 Å². The van der Waals surface area contributed by atoms with E-state index < -0.39 is 11.7 Å². The van der Waals surface area contributed by atoms with E-state index in [-0.39, 0.29) is 18.2 Å². The molecule has 2 aliphatic heterocycles. The maximum absolute atomic E-state index is 12.8. The van der Waals surface area contributed by atoms with Crippen LogP contribution in [0.3, 0.4) is 0 Å². The topological polar surface area (TPSA) is 127 Å². The lowest BCUT2D eigenvalue weighted by molar-refractivity contribution is 0.0218. The maximum Gasteiger partial charge on any atom is 0.410 e. The third-order valence-corrected chi connectivity index (χ3v) is 9.89. The van der Waals surface area contributed by atoms with Gasteiger partial charge in [0.1, 0.15) is 17.2 Å². The number of carbonyl (C=O) groups excluding carboxylic acids is 1. The normalized spacial score (nSPS) is 19.1. The molecule has 2 fully saturated rings. The van der Waals surface area contributed by atoms with E-state index in [0.29, 0.717) is 13.1 Å². The Labute approximate surface area is 279 Å². The minimum absolute atomic E-state index is 0.121. The first-order valence-electron chi connectivity index (χ1n) is 16.9. The fraction of sp³-hybridized carbons (Fsp3) is 0.368. The van der Waals surface area contributed by atoms with Crippen LogP contribution in [0.5, 0.6) is 0 Å². The van der Waals surface area contributed by atoms with Gasteiger partial charge in [-0.1, -0.05) is 42.5 Å². The third-order valence-electron chi connectivity index (χ3n) is 9.89. The zero-order chi connectivity index (χ0) is 33.2. The first-order chi connectivity index (χ1) is 23.1. The Morgan fingerprint density at radius 2 is 1.50 bits per heavy atom. The molecule has 1 unspecified atom stereocenters. The van der Waals surface area contributed by atoms with Crippen molar-refractivity contribution in [2.75, 3.05) is 13.1 Å². The number of carbonyl (C=O) groups is 2. The van der Waals surface area contributed by atoms with Crippen molar-refractivity contribution in [1.29, 1.82) is 0 Å². The highest BCUT2D eigenvalue weighted by Gasteiger charge is 2.35. The van der Waals surface area contributed by atoms with E-state index in [4.69, 9.17) is 9.72 Å². The molecule has 2 aromatic heterocycles. The molecule has 0 spiro atoms. The molecule has 246 valence electrons. The number of aromatic nitrogens is 4. The number of aromatic amines is 2. The molecular formula is C38H40N6O4. The van der Waals surface area contributed by atoms with Crippen LogP contribution in [0.15, 0.2) is 60.8 Å². The number of benzene rings is 3. The van der Waals surface area contributed by atoms with Crippen LogP contribution in [0.25, 0.3) is 44.4 Å². The molecule has 0 bridgehead atoms. The molecule has 4 heterocycles. The SMILES string of the molecule is CC(C)(C)OC(=O)N1CCC[C@H]1c1ncc(-c2ccc3cc(-c4ccc5c(c4)CCc4[nH]c(C6CCCN6C(=O)O)nc4-5)ccc3c2)[nH]1. The van der Waals surface area contributed by atoms with E-state index in [1.54, 1.807) is 4.90 Å². The fourth-order valence-electron chi connectivity index (χ4n) is 7.58. The van der Waals surface area contributed by atoms with Crippen molar-refractivity contribution in [3.8, 4) is 33.6 Å². The number of H-pyrrole nitrogens is 2. The molecule has 2 atom stereocenters. The summed E-state index contributed by atoms with van der Waals surface area (Å²) in [4.78, 5) is 44.4. The van der Waals surface area contributed by atoms with E-state index in [0.717, 1.165) is 100 Å². The molecule has 10 heteroatoms. The molecule has 3 N–H and O–H groups in total. The average Bonchev–Trinajstić information content (AvgIpc) is 3.88. The highest BCUT2D eigenvalue weighted by Crippen LogP contribution is 2.39. The number of fused-ring (bicyclic) bond motifs is 4. The lowest BCUT2D eigenvalue weighted by atomic mass is 9.89. The number of imidazole rings is 2. The third kappa shape index (κ3) is 5.48. The number of nitrogens with zero attached hydrogens (tertiary/aromatic N) is 4. The van der Waals surface area contributed by atoms with Gasteiger partial charge in [-0.2, -0.15) is 0 Å². The Morgan fingerprint density at radius 1 is 0.833 bits per heavy atom. The van der Waals surface area contributed by atoms with Crippen LogP contribution in [-0.4, -0.2) is 65.7 Å². The molecular weight excluding hydrogens is 604 g/mol. The van der Waals surface area contributed by atoms with Gasteiger partial charge >= 0.3 is 12.2 Å². The predicted octanol–water partition coefficient (Wildman–Crippen LogP) is 8.27. The molecule has 3 aliphatic rings. The molecule has 0 radical (unpaired) electrons. The average molecular weight is 645 g/mol. The first kappa shape index (κ1) is 30.2. The monoisotopic (exact) mass is 644 g/mol. The largest absolute Gasteiger partial charge is 0.465 e. The smallest absolute Gasteiger partial charge is 0.410 e. The summed E-state index contributed by atoms with van der Waals surface area (Å²) in [5.74, 6) is 1.55. The van der Waals surface area contributed by atoms with E-state index in [1.807, 2.05) is 27.0 Å². The quantitative estimate of drug-likeness (QED) is 0.181. The molecule has 0 saturated carbocycles. The number of carboxylic acid groups (broad SMARTS) is 1. The van der Waals surface area contributed by atoms with Crippen LogP contribution >= 0.6 is 0 Å². The molecule has 3 aromatic carbocycles. The van der Waals surface area contributed by atoms with Gasteiger partial charge in [0, 0.05) is 29.9 Å². The Morgan fingerprint density at radius 3 is 2.25 bits per heavy atom. The highest BCUT2D eigenvalue weighted by molar-refractivity contribution is 5.91. The van der Waals surface area contributed by atoms with Crippen LogP contribution in [0.2, 0.25) is 0 Å². The van der Waals surface area contributed by atoms with Gasteiger partial charge in [-0.15, -0.1) is 0 Å². The summed E-state index contributed by atoms with van der Waals surface area (Å²) < 4.78 is 5.65. The van der Waals surface area contributed by atoms with Crippen LogP contribution in [0, 0.1) is 0 Å². The molecule has 48 heavy (non-hydrogen) atoms. The van der Waals surface area contributed by atoms with Gasteiger partial charge in [0.25, 0.3) is 0 Å². The van der Waals surface area contributed by atoms with Crippen molar-refractivity contribution < 1.29 is 19.4 Å². The number of likely N-dealkylation sites (tertiary alicyclic amines) is 2. The number of amides is 2. The molecule has 2 amide bonds. The second kappa shape index (κ2) is 11.5. The summed E-state index contributed by atoms with van der Waals surface area (Å²) >= 11 is 0. The zero-order valence-electron chi connectivity index (χ0n) is 27.5. The van der Waals surface area contributed by atoms with Crippen molar-refractivity contribution in [3.05, 3.63) is 83.7 Å². The van der Waals surface area contributed by atoms with Crippen molar-refractivity contribution in [3.63, 3.8) is 0 Å². The molecule has 2 saturated heterocycles. The second-order valence-electron chi connectivity index (χ2n) is 14.2. The fourth-order valence-corrected chi connectivity index (χ4v) is 7.58. The standard InChI is InChI=1S/C38H40N6O4/c1-38(2,3)48-37(47)44-17-5-6-31(44)34-39-21-30(41-34)27-11-10-23-18-22(8-9-24(23)20-27)25-12-14-28-26(19-25)13-15-29-33(28)42-35(40-29)32-7-4-16-43(32)36(45)46/h8-12,14,18-21,31-32H,4-7,13,15-17H2,1-3H3,(H,39,41)(H,40,42)(H,45,46)/t31-,32?/m0/s1. The summed E-state index contributed by atoms with van der Waals surface area (Å²) in [6.45, 7) is 6.88. The molecule has 1 aliphatic carbocycles. The Bertz CT molecular complexity index is 2060. The number of ether oxygens (including phenoxy) is 1. The number of hydrogen-bond donors (Lipinski definition) is 3. The summed E-state index contributed by atoms with van der Waals surface area (Å²) in [6.07, 6.45) is 5.86. The lowest BCUT2D eigenvalue weighted by Gasteiger charge is -2.27. The zero-order valence-corrected chi connectivity index (χ0v) is 27.5. The molecule has 5 aromatic rings. The molecule has 8 rings (SSSR count). The van der Waals surface area contributed by atoms with E-state index in [2.05, 4.69) is 69.5 Å². The predicted molar refractivity (Wildman–Crippen MR) is 184 cm³/mol.